The molecule has 2 aromatic carbocycles. The number of hydrogen-bond acceptors (Lipinski definition) is 4. The van der Waals surface area contributed by atoms with Gasteiger partial charge in [-0.2, -0.15) is 0 Å². The van der Waals surface area contributed by atoms with E-state index in [2.05, 4.69) is 9.97 Å². The minimum Gasteiger partial charge on any atom is -0.493 e. The molecule has 0 radical (unpaired) electrons. The first kappa shape index (κ1) is 16.8. The van der Waals surface area contributed by atoms with E-state index in [1.165, 1.54) is 0 Å². The highest BCUT2D eigenvalue weighted by Crippen LogP contribution is 2.38. The van der Waals surface area contributed by atoms with Gasteiger partial charge in [-0.25, -0.2) is 9.97 Å². The standard InChI is InChI=1S/C17H11Cl3N2O2/c1-23-12-7-2-3-8-13(12)24-14-15(19)21-17(22-16(14)20)10-5-4-6-11(18)9-10/h2-9H,1H3. The maximum Gasteiger partial charge on any atom is 0.202 e. The molecular formula is C17H11Cl3N2O2. The van der Waals surface area contributed by atoms with E-state index in [4.69, 9.17) is 44.3 Å². The Hall–Kier alpha value is -2.01. The van der Waals surface area contributed by atoms with E-state index in [1.807, 2.05) is 12.1 Å². The third-order valence-corrected chi connectivity index (χ3v) is 3.89. The third-order valence-electron chi connectivity index (χ3n) is 3.15. The molecule has 0 amide bonds. The van der Waals surface area contributed by atoms with Crippen LogP contribution in [-0.4, -0.2) is 17.1 Å². The van der Waals surface area contributed by atoms with Gasteiger partial charge in [0.2, 0.25) is 5.75 Å². The molecule has 0 saturated carbocycles. The minimum atomic E-state index is 0.0934. The summed E-state index contributed by atoms with van der Waals surface area (Å²) in [7, 11) is 1.55. The molecule has 0 unspecified atom stereocenters. The first-order chi connectivity index (χ1) is 11.6. The predicted molar refractivity (Wildman–Crippen MR) is 95.6 cm³/mol. The number of halogens is 3. The number of para-hydroxylation sites is 2. The van der Waals surface area contributed by atoms with Gasteiger partial charge in [0.1, 0.15) is 0 Å². The van der Waals surface area contributed by atoms with Gasteiger partial charge < -0.3 is 9.47 Å². The molecule has 3 aromatic rings. The van der Waals surface area contributed by atoms with E-state index >= 15 is 0 Å². The molecule has 4 nitrogen and oxygen atoms in total. The van der Waals surface area contributed by atoms with E-state index in [1.54, 1.807) is 43.5 Å². The van der Waals surface area contributed by atoms with Gasteiger partial charge in [-0.3, -0.25) is 0 Å². The Kier molecular flexibility index (Phi) is 5.09. The average molecular weight is 382 g/mol. The summed E-state index contributed by atoms with van der Waals surface area (Å²) >= 11 is 18.5. The lowest BCUT2D eigenvalue weighted by atomic mass is 10.2. The van der Waals surface area contributed by atoms with Gasteiger partial charge in [0, 0.05) is 10.6 Å². The van der Waals surface area contributed by atoms with Crippen LogP contribution in [0.5, 0.6) is 17.2 Å². The second kappa shape index (κ2) is 7.26. The van der Waals surface area contributed by atoms with Crippen LogP contribution in [0, 0.1) is 0 Å². The van der Waals surface area contributed by atoms with E-state index in [9.17, 15) is 0 Å². The fourth-order valence-corrected chi connectivity index (χ4v) is 2.71. The topological polar surface area (TPSA) is 44.2 Å². The molecule has 24 heavy (non-hydrogen) atoms. The van der Waals surface area contributed by atoms with Crippen molar-refractivity contribution in [2.75, 3.05) is 7.11 Å². The maximum atomic E-state index is 6.24. The normalized spacial score (nSPS) is 10.5. The van der Waals surface area contributed by atoms with Crippen LogP contribution in [0.25, 0.3) is 11.4 Å². The smallest absolute Gasteiger partial charge is 0.202 e. The maximum absolute atomic E-state index is 6.24. The minimum absolute atomic E-state index is 0.0934. The second-order valence-electron chi connectivity index (χ2n) is 4.72. The fraction of sp³-hybridized carbons (Fsp3) is 0.0588. The highest BCUT2D eigenvalue weighted by molar-refractivity contribution is 6.36. The lowest BCUT2D eigenvalue weighted by Crippen LogP contribution is -1.97. The molecule has 0 saturated heterocycles. The van der Waals surface area contributed by atoms with Crippen molar-refractivity contribution in [1.29, 1.82) is 0 Å². The highest BCUT2D eigenvalue weighted by Gasteiger charge is 2.17. The SMILES string of the molecule is COc1ccccc1Oc1c(Cl)nc(-c2cccc(Cl)c2)nc1Cl. The molecule has 0 N–H and O–H groups in total. The van der Waals surface area contributed by atoms with Gasteiger partial charge >= 0.3 is 0 Å². The molecule has 0 spiro atoms. The Morgan fingerprint density at radius 1 is 0.833 bits per heavy atom. The van der Waals surface area contributed by atoms with Crippen LogP contribution >= 0.6 is 34.8 Å². The molecule has 1 aromatic heterocycles. The van der Waals surface area contributed by atoms with Crippen LogP contribution in [0.2, 0.25) is 15.3 Å². The van der Waals surface area contributed by atoms with Crippen LogP contribution < -0.4 is 9.47 Å². The quantitative estimate of drug-likeness (QED) is 0.527. The Labute approximate surface area is 153 Å². The number of rotatable bonds is 4. The number of ether oxygens (including phenoxy) is 2. The molecule has 7 heteroatoms. The van der Waals surface area contributed by atoms with Crippen molar-refractivity contribution < 1.29 is 9.47 Å². The van der Waals surface area contributed by atoms with Gasteiger partial charge in [0.05, 0.1) is 7.11 Å². The first-order valence-corrected chi connectivity index (χ1v) is 8.01. The number of methoxy groups -OCH3 is 1. The van der Waals surface area contributed by atoms with E-state index in [0.717, 1.165) is 0 Å². The van der Waals surface area contributed by atoms with Gasteiger partial charge in [-0.1, -0.05) is 59.1 Å². The van der Waals surface area contributed by atoms with Crippen LogP contribution in [0.15, 0.2) is 48.5 Å². The van der Waals surface area contributed by atoms with Crippen molar-refractivity contribution in [3.8, 4) is 28.6 Å². The van der Waals surface area contributed by atoms with E-state index < -0.39 is 0 Å². The number of benzene rings is 2. The van der Waals surface area contributed by atoms with Crippen molar-refractivity contribution in [2.24, 2.45) is 0 Å². The zero-order chi connectivity index (χ0) is 17.1. The summed E-state index contributed by atoms with van der Waals surface area (Å²) in [5, 5.41) is 0.754. The van der Waals surface area contributed by atoms with Crippen molar-refractivity contribution in [1.82, 2.24) is 9.97 Å². The van der Waals surface area contributed by atoms with Crippen LogP contribution in [0.4, 0.5) is 0 Å². The lowest BCUT2D eigenvalue weighted by Gasteiger charge is -2.12. The van der Waals surface area contributed by atoms with E-state index in [0.29, 0.717) is 27.9 Å². The monoisotopic (exact) mass is 380 g/mol. The zero-order valence-corrected chi connectivity index (χ0v) is 14.7. The van der Waals surface area contributed by atoms with Gasteiger partial charge in [0.25, 0.3) is 0 Å². The van der Waals surface area contributed by atoms with Crippen LogP contribution in [0.1, 0.15) is 0 Å². The Balaban J connectivity index is 1.99. The van der Waals surface area contributed by atoms with Crippen molar-refractivity contribution >= 4 is 34.8 Å². The molecule has 3 rings (SSSR count). The summed E-state index contributed by atoms with van der Waals surface area (Å²) in [6.45, 7) is 0. The molecule has 0 bridgehead atoms. The van der Waals surface area contributed by atoms with E-state index in [-0.39, 0.29) is 16.1 Å². The second-order valence-corrected chi connectivity index (χ2v) is 5.87. The van der Waals surface area contributed by atoms with Crippen molar-refractivity contribution in [3.63, 3.8) is 0 Å². The largest absolute Gasteiger partial charge is 0.493 e. The number of hydrogen-bond donors (Lipinski definition) is 0. The van der Waals surface area contributed by atoms with Gasteiger partial charge in [-0.15, -0.1) is 0 Å². The van der Waals surface area contributed by atoms with Crippen molar-refractivity contribution in [3.05, 3.63) is 63.9 Å². The molecule has 0 aliphatic carbocycles. The summed E-state index contributed by atoms with van der Waals surface area (Å²) in [6, 6.07) is 14.2. The fourth-order valence-electron chi connectivity index (χ4n) is 2.05. The van der Waals surface area contributed by atoms with Gasteiger partial charge in [0.15, 0.2) is 27.6 Å². The summed E-state index contributed by atoms with van der Waals surface area (Å²) in [6.07, 6.45) is 0. The first-order valence-electron chi connectivity index (χ1n) is 6.88. The average Bonchev–Trinajstić information content (AvgIpc) is 2.58. The summed E-state index contributed by atoms with van der Waals surface area (Å²) in [5.74, 6) is 1.53. The van der Waals surface area contributed by atoms with Crippen LogP contribution in [-0.2, 0) is 0 Å². The lowest BCUT2D eigenvalue weighted by molar-refractivity contribution is 0.378. The third kappa shape index (κ3) is 3.56. The van der Waals surface area contributed by atoms with Gasteiger partial charge in [-0.05, 0) is 24.3 Å². The summed E-state index contributed by atoms with van der Waals surface area (Å²) < 4.78 is 11.0. The summed E-state index contributed by atoms with van der Waals surface area (Å²) in [5.41, 5.74) is 0.704. The Morgan fingerprint density at radius 3 is 2.12 bits per heavy atom. The molecule has 0 aliphatic heterocycles. The summed E-state index contributed by atoms with van der Waals surface area (Å²) in [4.78, 5) is 8.48. The molecule has 0 aliphatic rings. The van der Waals surface area contributed by atoms with Crippen molar-refractivity contribution in [2.45, 2.75) is 0 Å². The molecule has 1 heterocycles. The zero-order valence-electron chi connectivity index (χ0n) is 12.5. The predicted octanol–water partition coefficient (Wildman–Crippen LogP) is 5.90. The number of aromatic nitrogens is 2. The Bertz CT molecular complexity index is 864. The Morgan fingerprint density at radius 2 is 1.50 bits per heavy atom. The molecule has 0 atom stereocenters. The molecule has 122 valence electrons. The molecule has 0 fully saturated rings. The highest BCUT2D eigenvalue weighted by atomic mass is 35.5. The molecular weight excluding hydrogens is 371 g/mol. The van der Waals surface area contributed by atoms with Crippen LogP contribution in [0.3, 0.4) is 0 Å². The number of nitrogens with zero attached hydrogens (tertiary/aromatic N) is 2.